The Morgan fingerprint density at radius 2 is 1.68 bits per heavy atom. The van der Waals surface area contributed by atoms with Gasteiger partial charge in [-0.05, 0) is 66.5 Å². The maximum absolute atomic E-state index is 14.2. The minimum absolute atomic E-state index is 0.180. The van der Waals surface area contributed by atoms with Crippen LogP contribution in [0.5, 0.6) is 0 Å². The number of rotatable bonds is 7. The molecule has 3 atom stereocenters. The van der Waals surface area contributed by atoms with Gasteiger partial charge in [0.05, 0.1) is 11.7 Å². The van der Waals surface area contributed by atoms with E-state index in [-0.39, 0.29) is 17.9 Å². The van der Waals surface area contributed by atoms with Crippen LogP contribution < -0.4 is 5.32 Å². The van der Waals surface area contributed by atoms with Crippen LogP contribution in [0.4, 0.5) is 0 Å². The second-order valence-electron chi connectivity index (χ2n) is 10.8. The van der Waals surface area contributed by atoms with Gasteiger partial charge in [-0.25, -0.2) is 4.79 Å². The molecule has 1 aromatic heterocycles. The summed E-state index contributed by atoms with van der Waals surface area (Å²) in [4.78, 5) is 46.5. The van der Waals surface area contributed by atoms with Crippen LogP contribution in [0.15, 0.2) is 72.9 Å². The van der Waals surface area contributed by atoms with E-state index >= 15 is 0 Å². The highest BCUT2D eigenvalue weighted by molar-refractivity contribution is 8.77. The van der Waals surface area contributed by atoms with E-state index in [1.165, 1.54) is 0 Å². The van der Waals surface area contributed by atoms with Gasteiger partial charge in [0.1, 0.15) is 16.8 Å². The van der Waals surface area contributed by atoms with Crippen LogP contribution in [0.2, 0.25) is 0 Å². The molecule has 2 amide bonds. The number of carbonyl (C=O) groups is 3. The molecular formula is C31H31N3O4S2. The van der Waals surface area contributed by atoms with Crippen molar-refractivity contribution >= 4 is 39.4 Å². The topological polar surface area (TPSA) is 99.6 Å². The molecule has 2 N–H and O–H groups in total. The maximum atomic E-state index is 14.2. The van der Waals surface area contributed by atoms with Crippen molar-refractivity contribution in [3.8, 4) is 0 Å². The zero-order valence-corrected chi connectivity index (χ0v) is 23.6. The van der Waals surface area contributed by atoms with Crippen molar-refractivity contribution in [2.24, 2.45) is 0 Å². The summed E-state index contributed by atoms with van der Waals surface area (Å²) in [6.45, 7) is 0. The zero-order chi connectivity index (χ0) is 27.7. The van der Waals surface area contributed by atoms with Crippen molar-refractivity contribution in [1.82, 2.24) is 15.2 Å². The minimum atomic E-state index is -0.994. The number of hydrogen-bond acceptors (Lipinski definition) is 6. The monoisotopic (exact) mass is 573 g/mol. The van der Waals surface area contributed by atoms with E-state index in [2.05, 4.69) is 22.4 Å². The van der Waals surface area contributed by atoms with Gasteiger partial charge in [-0.2, -0.15) is 0 Å². The lowest BCUT2D eigenvalue weighted by molar-refractivity contribution is -0.156. The van der Waals surface area contributed by atoms with E-state index in [9.17, 15) is 19.5 Å². The highest BCUT2D eigenvalue weighted by Gasteiger charge is 2.49. The molecule has 9 heteroatoms. The smallest absolute Gasteiger partial charge is 0.326 e. The Hall–Kier alpha value is -3.30. The van der Waals surface area contributed by atoms with E-state index in [1.807, 2.05) is 54.6 Å². The average Bonchev–Trinajstić information content (AvgIpc) is 3.31. The predicted octanol–water partition coefficient (Wildman–Crippen LogP) is 4.75. The van der Waals surface area contributed by atoms with Crippen LogP contribution in [-0.4, -0.2) is 49.6 Å². The number of piperidine rings is 1. The van der Waals surface area contributed by atoms with Crippen LogP contribution >= 0.6 is 21.6 Å². The SMILES string of the molecule is O=C(O)[C@@H]1CCC[C@@H]2c3ccccc3C[C@H](NC(=O)C3(SSCc4ccccn4)Cc4ccccc4C3)C(=O)N21. The van der Waals surface area contributed by atoms with Gasteiger partial charge in [-0.15, -0.1) is 0 Å². The Labute approximate surface area is 241 Å². The number of pyridine rings is 1. The van der Waals surface area contributed by atoms with Gasteiger partial charge in [0.2, 0.25) is 11.8 Å². The molecule has 3 aromatic rings. The van der Waals surface area contributed by atoms with Crippen LogP contribution in [0.3, 0.4) is 0 Å². The van der Waals surface area contributed by atoms with Crippen LogP contribution in [0, 0.1) is 0 Å². The summed E-state index contributed by atoms with van der Waals surface area (Å²) >= 11 is 0. The predicted molar refractivity (Wildman–Crippen MR) is 157 cm³/mol. The summed E-state index contributed by atoms with van der Waals surface area (Å²) in [6.07, 6.45) is 5.11. The maximum Gasteiger partial charge on any atom is 0.326 e. The molecule has 1 fully saturated rings. The number of aliphatic carboxylic acids is 1. The number of nitrogens with zero attached hydrogens (tertiary/aromatic N) is 2. The van der Waals surface area contributed by atoms with Gasteiger partial charge in [-0.3, -0.25) is 14.6 Å². The fraction of sp³-hybridized carbons (Fsp3) is 0.355. The van der Waals surface area contributed by atoms with Gasteiger partial charge in [-0.1, -0.05) is 76.2 Å². The Kier molecular flexibility index (Phi) is 7.59. The molecule has 0 saturated carbocycles. The molecule has 0 radical (unpaired) electrons. The van der Waals surface area contributed by atoms with E-state index in [0.717, 1.165) is 34.4 Å². The van der Waals surface area contributed by atoms with Crippen molar-refractivity contribution < 1.29 is 19.5 Å². The number of hydrogen-bond donors (Lipinski definition) is 2. The first-order valence-electron chi connectivity index (χ1n) is 13.7. The number of carboxylic acid groups (broad SMARTS) is 1. The fourth-order valence-electron chi connectivity index (χ4n) is 6.31. The molecule has 1 aliphatic carbocycles. The molecule has 7 nitrogen and oxygen atoms in total. The number of aromatic nitrogens is 1. The highest BCUT2D eigenvalue weighted by atomic mass is 33.1. The van der Waals surface area contributed by atoms with Crippen LogP contribution in [-0.2, 0) is 39.4 Å². The van der Waals surface area contributed by atoms with E-state index in [4.69, 9.17) is 0 Å². The number of fused-ring (bicyclic) bond motifs is 4. The molecule has 6 rings (SSSR count). The fourth-order valence-corrected chi connectivity index (χ4v) is 9.25. The molecule has 0 bridgehead atoms. The van der Waals surface area contributed by atoms with Crippen LogP contribution in [0.1, 0.15) is 53.3 Å². The Morgan fingerprint density at radius 3 is 2.38 bits per heavy atom. The molecule has 0 spiro atoms. The standard InChI is InChI=1S/C31H31N3O4S2/c35-28-25(16-20-8-3-4-12-24(20)26-13-7-14-27(29(36)37)34(26)28)33-30(38)31(17-21-9-1-2-10-22(21)18-31)40-39-19-23-11-5-6-15-32-23/h1-6,8-12,15,25-27H,7,13-14,16-19H2,(H,33,38)(H,36,37)/t25-,26+,27-/m0/s1. The normalized spacial score (nSPS) is 22.9. The van der Waals surface area contributed by atoms with Gasteiger partial charge in [0, 0.05) is 18.4 Å². The number of carboxylic acids is 1. The summed E-state index contributed by atoms with van der Waals surface area (Å²) in [5.74, 6) is -0.826. The molecule has 206 valence electrons. The molecule has 2 aliphatic heterocycles. The minimum Gasteiger partial charge on any atom is -0.480 e. The second kappa shape index (κ2) is 11.3. The number of carbonyl (C=O) groups excluding carboxylic acids is 2. The van der Waals surface area contributed by atoms with E-state index < -0.39 is 22.8 Å². The molecule has 3 heterocycles. The molecule has 40 heavy (non-hydrogen) atoms. The van der Waals surface area contributed by atoms with Gasteiger partial charge in [0.15, 0.2) is 0 Å². The molecule has 3 aliphatic rings. The quantitative estimate of drug-likeness (QED) is 0.394. The number of amides is 2. The number of nitrogens with one attached hydrogen (secondary N) is 1. The molecular weight excluding hydrogens is 542 g/mol. The average molecular weight is 574 g/mol. The van der Waals surface area contributed by atoms with Gasteiger partial charge in [0.25, 0.3) is 0 Å². The number of benzene rings is 2. The third-order valence-electron chi connectivity index (χ3n) is 8.24. The highest BCUT2D eigenvalue weighted by Crippen LogP contribution is 2.47. The van der Waals surface area contributed by atoms with Crippen molar-refractivity contribution in [3.63, 3.8) is 0 Å². The first-order valence-corrected chi connectivity index (χ1v) is 16.0. The zero-order valence-electron chi connectivity index (χ0n) is 22.0. The molecule has 1 saturated heterocycles. The summed E-state index contributed by atoms with van der Waals surface area (Å²) in [6, 6.07) is 19.8. The second-order valence-corrected chi connectivity index (χ2v) is 13.4. The largest absolute Gasteiger partial charge is 0.480 e. The van der Waals surface area contributed by atoms with E-state index in [0.29, 0.717) is 37.9 Å². The molecule has 2 aromatic carbocycles. The molecule has 0 unspecified atom stereocenters. The van der Waals surface area contributed by atoms with E-state index in [1.54, 1.807) is 32.7 Å². The third kappa shape index (κ3) is 5.12. The van der Waals surface area contributed by atoms with Crippen molar-refractivity contribution in [2.45, 2.75) is 67.2 Å². The van der Waals surface area contributed by atoms with Gasteiger partial charge < -0.3 is 15.3 Å². The summed E-state index contributed by atoms with van der Waals surface area (Å²) in [5, 5.41) is 13.2. The van der Waals surface area contributed by atoms with Gasteiger partial charge >= 0.3 is 5.97 Å². The Balaban J connectivity index is 1.29. The first-order chi connectivity index (χ1) is 19.4. The Morgan fingerprint density at radius 1 is 0.975 bits per heavy atom. The summed E-state index contributed by atoms with van der Waals surface area (Å²) in [5.41, 5.74) is 5.20. The lowest BCUT2D eigenvalue weighted by Crippen LogP contribution is -2.58. The first kappa shape index (κ1) is 26.9. The van der Waals surface area contributed by atoms with Crippen molar-refractivity contribution in [1.29, 1.82) is 0 Å². The lowest BCUT2D eigenvalue weighted by Gasteiger charge is -2.41. The van der Waals surface area contributed by atoms with Crippen molar-refractivity contribution in [2.75, 3.05) is 0 Å². The third-order valence-corrected chi connectivity index (χ3v) is 11.2. The summed E-state index contributed by atoms with van der Waals surface area (Å²) in [7, 11) is 3.15. The summed E-state index contributed by atoms with van der Waals surface area (Å²) < 4.78 is -0.789. The Bertz CT molecular complexity index is 1410. The van der Waals surface area contributed by atoms with Crippen LogP contribution in [0.25, 0.3) is 0 Å². The lowest BCUT2D eigenvalue weighted by atomic mass is 9.89. The van der Waals surface area contributed by atoms with Crippen molar-refractivity contribution in [3.05, 3.63) is 101 Å².